The van der Waals surface area contributed by atoms with Gasteiger partial charge >= 0.3 is 0 Å². The van der Waals surface area contributed by atoms with Crippen LogP contribution in [0.4, 0.5) is 11.4 Å². The zero-order valence-corrected chi connectivity index (χ0v) is 24.5. The number of nitrogens with zero attached hydrogens (tertiary/aromatic N) is 1. The minimum absolute atomic E-state index is 0.0349. The van der Waals surface area contributed by atoms with Crippen molar-refractivity contribution in [3.8, 4) is 0 Å². The van der Waals surface area contributed by atoms with Gasteiger partial charge in [0.25, 0.3) is 5.91 Å². The van der Waals surface area contributed by atoms with Gasteiger partial charge in [-0.05, 0) is 80.0 Å². The summed E-state index contributed by atoms with van der Waals surface area (Å²) in [5, 5.41) is 10.8. The first-order chi connectivity index (χ1) is 19.6. The molecule has 1 saturated heterocycles. The van der Waals surface area contributed by atoms with Crippen molar-refractivity contribution in [2.45, 2.75) is 97.1 Å². The van der Waals surface area contributed by atoms with Crippen molar-refractivity contribution in [3.63, 3.8) is 0 Å². The molecule has 41 heavy (non-hydrogen) atoms. The lowest BCUT2D eigenvalue weighted by Gasteiger charge is -2.39. The molecule has 2 saturated carbocycles. The molecule has 2 aromatic carbocycles. The van der Waals surface area contributed by atoms with Gasteiger partial charge in [-0.15, -0.1) is 0 Å². The van der Waals surface area contributed by atoms with Gasteiger partial charge in [0.2, 0.25) is 17.7 Å². The number of unbranched alkanes of at least 4 members (excludes halogenated alkanes) is 3. The van der Waals surface area contributed by atoms with Crippen LogP contribution in [-0.4, -0.2) is 42.3 Å². The zero-order valence-electron chi connectivity index (χ0n) is 24.5. The normalized spacial score (nSPS) is 28.0. The molecule has 3 fully saturated rings. The Kier molecular flexibility index (Phi) is 7.17. The fourth-order valence-electron chi connectivity index (χ4n) is 8.12. The van der Waals surface area contributed by atoms with E-state index in [4.69, 9.17) is 0 Å². The van der Waals surface area contributed by atoms with Gasteiger partial charge in [-0.2, -0.15) is 0 Å². The number of carbonyl (C=O) groups is 4. The highest BCUT2D eigenvalue weighted by atomic mass is 16.2. The van der Waals surface area contributed by atoms with Gasteiger partial charge in [0, 0.05) is 40.9 Å². The predicted octanol–water partition coefficient (Wildman–Crippen LogP) is 5.30. The zero-order chi connectivity index (χ0) is 28.9. The van der Waals surface area contributed by atoms with Gasteiger partial charge in [0.1, 0.15) is 6.04 Å². The lowest BCUT2D eigenvalue weighted by molar-refractivity contribution is -0.134. The van der Waals surface area contributed by atoms with Crippen LogP contribution in [0, 0.1) is 16.7 Å². The molecule has 0 spiro atoms. The number of hydrogen-bond donors (Lipinski definition) is 3. The Morgan fingerprint density at radius 2 is 1.83 bits per heavy atom. The molecule has 6 rings (SSSR count). The summed E-state index contributed by atoms with van der Waals surface area (Å²) in [7, 11) is 0. The summed E-state index contributed by atoms with van der Waals surface area (Å²) in [6.07, 6.45) is 9.06. The van der Waals surface area contributed by atoms with E-state index < -0.39 is 11.9 Å². The Balaban J connectivity index is 1.000. The highest BCUT2D eigenvalue weighted by Crippen LogP contribution is 2.65. The van der Waals surface area contributed by atoms with Gasteiger partial charge in [-0.1, -0.05) is 45.7 Å². The highest BCUT2D eigenvalue weighted by Gasteiger charge is 2.60. The summed E-state index contributed by atoms with van der Waals surface area (Å²) in [5.41, 5.74) is 2.67. The van der Waals surface area contributed by atoms with Crippen LogP contribution in [0.15, 0.2) is 30.3 Å². The topological polar surface area (TPSA) is 108 Å². The standard InChI is InChI=1S/C33H42N4O4/c1-32(2)20-16-17-33(32,3)26(19-20)34-18-7-5-4-6-11-27(38)35-23-12-13-24-29-21(23)9-8-10-22(29)31(41)37(24)25-14-15-28(39)36-30(25)40/h8-10,12-13,20,25-26,34H,4-7,11,14-19H2,1-3H3,(H,35,38)(H,36,39,40)/t20-,25?,26+,33+/m1/s1. The monoisotopic (exact) mass is 558 g/mol. The van der Waals surface area contributed by atoms with Crippen molar-refractivity contribution in [1.29, 1.82) is 0 Å². The van der Waals surface area contributed by atoms with Crippen LogP contribution in [0.25, 0.3) is 10.8 Å². The second-order valence-electron chi connectivity index (χ2n) is 13.3. The molecule has 0 aromatic heterocycles. The van der Waals surface area contributed by atoms with Crippen LogP contribution in [0.3, 0.4) is 0 Å². The third kappa shape index (κ3) is 4.64. The maximum absolute atomic E-state index is 13.3. The van der Waals surface area contributed by atoms with Crippen LogP contribution in [0.1, 0.15) is 95.3 Å². The molecule has 218 valence electrons. The number of carbonyl (C=O) groups excluding carboxylic acids is 4. The van der Waals surface area contributed by atoms with Gasteiger partial charge in [-0.3, -0.25) is 29.4 Å². The highest BCUT2D eigenvalue weighted by molar-refractivity contribution is 6.28. The fourth-order valence-corrected chi connectivity index (χ4v) is 8.12. The summed E-state index contributed by atoms with van der Waals surface area (Å²) in [6, 6.07) is 8.94. The first-order valence-electron chi connectivity index (χ1n) is 15.4. The van der Waals surface area contributed by atoms with Crippen molar-refractivity contribution in [3.05, 3.63) is 35.9 Å². The maximum atomic E-state index is 13.3. The number of hydrogen-bond acceptors (Lipinski definition) is 5. The first-order valence-corrected chi connectivity index (χ1v) is 15.4. The third-order valence-electron chi connectivity index (χ3n) is 11.0. The van der Waals surface area contributed by atoms with Crippen molar-refractivity contribution in [2.24, 2.45) is 16.7 Å². The van der Waals surface area contributed by atoms with Gasteiger partial charge in [0.05, 0.1) is 5.69 Å². The molecule has 2 heterocycles. The van der Waals surface area contributed by atoms with E-state index in [-0.39, 0.29) is 24.1 Å². The van der Waals surface area contributed by atoms with Gasteiger partial charge in [-0.25, -0.2) is 0 Å². The summed E-state index contributed by atoms with van der Waals surface area (Å²) < 4.78 is 0. The molecular weight excluding hydrogens is 516 g/mol. The molecule has 2 aromatic rings. The summed E-state index contributed by atoms with van der Waals surface area (Å²) in [6.45, 7) is 8.43. The molecule has 1 unspecified atom stereocenters. The van der Waals surface area contributed by atoms with E-state index in [0.717, 1.165) is 48.9 Å². The number of nitrogens with one attached hydrogen (secondary N) is 3. The molecule has 8 nitrogen and oxygen atoms in total. The molecule has 0 radical (unpaired) electrons. The Morgan fingerprint density at radius 3 is 2.56 bits per heavy atom. The lowest BCUT2D eigenvalue weighted by Crippen LogP contribution is -2.53. The van der Waals surface area contributed by atoms with Crippen molar-refractivity contribution < 1.29 is 19.2 Å². The average molecular weight is 559 g/mol. The molecule has 8 heteroatoms. The number of anilines is 2. The van der Waals surface area contributed by atoms with Crippen molar-refractivity contribution in [2.75, 3.05) is 16.8 Å². The Bertz CT molecular complexity index is 1420. The lowest BCUT2D eigenvalue weighted by atomic mass is 9.69. The van der Waals surface area contributed by atoms with Gasteiger partial charge < -0.3 is 10.6 Å². The number of imide groups is 1. The second-order valence-corrected chi connectivity index (χ2v) is 13.3. The summed E-state index contributed by atoms with van der Waals surface area (Å²) in [4.78, 5) is 51.8. The molecule has 2 aliphatic carbocycles. The molecule has 2 aliphatic heterocycles. The van der Waals surface area contributed by atoms with Crippen molar-refractivity contribution in [1.82, 2.24) is 10.6 Å². The maximum Gasteiger partial charge on any atom is 0.259 e. The minimum atomic E-state index is -0.727. The first kappa shape index (κ1) is 27.9. The van der Waals surface area contributed by atoms with Crippen LogP contribution < -0.4 is 20.9 Å². The van der Waals surface area contributed by atoms with Crippen LogP contribution >= 0.6 is 0 Å². The quantitative estimate of drug-likeness (QED) is 0.271. The van der Waals surface area contributed by atoms with E-state index in [0.29, 0.717) is 46.7 Å². The smallest absolute Gasteiger partial charge is 0.259 e. The van der Waals surface area contributed by atoms with E-state index in [1.807, 2.05) is 6.07 Å². The molecule has 4 amide bonds. The minimum Gasteiger partial charge on any atom is -0.326 e. The van der Waals surface area contributed by atoms with Crippen LogP contribution in [-0.2, 0) is 14.4 Å². The van der Waals surface area contributed by atoms with E-state index in [9.17, 15) is 19.2 Å². The molecule has 3 N–H and O–H groups in total. The van der Waals surface area contributed by atoms with Crippen LogP contribution in [0.2, 0.25) is 0 Å². The average Bonchev–Trinajstić information content (AvgIpc) is 3.42. The largest absolute Gasteiger partial charge is 0.326 e. The van der Waals surface area contributed by atoms with Crippen LogP contribution in [0.5, 0.6) is 0 Å². The number of fused-ring (bicyclic) bond motifs is 2. The summed E-state index contributed by atoms with van der Waals surface area (Å²) in [5.74, 6) is -0.202. The molecule has 2 bridgehead atoms. The Hall–Kier alpha value is -3.26. The van der Waals surface area contributed by atoms with E-state index in [1.165, 1.54) is 24.2 Å². The molecule has 4 atom stereocenters. The number of benzene rings is 2. The van der Waals surface area contributed by atoms with E-state index in [2.05, 4.69) is 36.7 Å². The third-order valence-corrected chi connectivity index (χ3v) is 11.0. The SMILES string of the molecule is CC1(C)[C@@H]2CC[C@@]1(C)[C@@H](NCCCCCCC(=O)Nc1ccc3c4c(cccc14)C(=O)N3C1CCC(=O)NC1=O)C2. The second kappa shape index (κ2) is 10.5. The Labute approximate surface area is 242 Å². The predicted molar refractivity (Wildman–Crippen MR) is 160 cm³/mol. The molecule has 4 aliphatic rings. The fraction of sp³-hybridized carbons (Fsp3) is 0.576. The number of amides is 4. The van der Waals surface area contributed by atoms with E-state index in [1.54, 1.807) is 24.3 Å². The number of rotatable bonds is 10. The number of piperidine rings is 1. The van der Waals surface area contributed by atoms with E-state index >= 15 is 0 Å². The Morgan fingerprint density at radius 1 is 1.02 bits per heavy atom. The van der Waals surface area contributed by atoms with Crippen molar-refractivity contribution >= 4 is 45.8 Å². The summed E-state index contributed by atoms with van der Waals surface area (Å²) >= 11 is 0. The molecular formula is C33H42N4O4. The van der Waals surface area contributed by atoms with Gasteiger partial charge in [0.15, 0.2) is 0 Å².